The van der Waals surface area contributed by atoms with Crippen LogP contribution in [0.25, 0.3) is 5.52 Å². The number of aromatic amines is 1. The summed E-state index contributed by atoms with van der Waals surface area (Å²) in [5, 5.41) is 3.66. The lowest BCUT2D eigenvalue weighted by atomic mass is 10.4. The topological polar surface area (TPSA) is 50.2 Å². The minimum absolute atomic E-state index is 0.0411. The van der Waals surface area contributed by atoms with E-state index in [-0.39, 0.29) is 5.52 Å². The van der Waals surface area contributed by atoms with Crippen LogP contribution in [0.2, 0.25) is 0 Å². The third-order valence-corrected chi connectivity index (χ3v) is 1.59. The maximum Gasteiger partial charge on any atom is 0.277 e. The summed E-state index contributed by atoms with van der Waals surface area (Å²) in [6, 6.07) is 0. The van der Waals surface area contributed by atoms with Crippen molar-refractivity contribution in [1.82, 2.24) is 14.6 Å². The van der Waals surface area contributed by atoms with Crippen LogP contribution >= 0.6 is 0 Å². The first-order chi connectivity index (χ1) is 5.68. The second-order valence-corrected chi connectivity index (χ2v) is 2.55. The van der Waals surface area contributed by atoms with Gasteiger partial charge < -0.3 is 4.98 Å². The maximum atomic E-state index is 12.8. The summed E-state index contributed by atoms with van der Waals surface area (Å²) in [5.41, 5.74) is 0.154. The normalized spacial score (nSPS) is 10.8. The molecule has 4 nitrogen and oxygen atoms in total. The van der Waals surface area contributed by atoms with E-state index in [0.717, 1.165) is 6.20 Å². The molecule has 0 bridgehead atoms. The second-order valence-electron chi connectivity index (χ2n) is 2.55. The third kappa shape index (κ3) is 0.827. The van der Waals surface area contributed by atoms with Crippen molar-refractivity contribution >= 4 is 5.52 Å². The van der Waals surface area contributed by atoms with Crippen LogP contribution in [0.1, 0.15) is 5.69 Å². The molecule has 5 heteroatoms. The number of aryl methyl sites for hydroxylation is 1. The van der Waals surface area contributed by atoms with E-state index < -0.39 is 11.4 Å². The Morgan fingerprint density at radius 2 is 2.42 bits per heavy atom. The Hall–Kier alpha value is -1.65. The Kier molecular flexibility index (Phi) is 1.27. The fraction of sp³-hybridized carbons (Fsp3) is 0.143. The molecule has 2 aromatic rings. The number of aromatic nitrogens is 3. The van der Waals surface area contributed by atoms with Gasteiger partial charge in [-0.05, 0) is 6.92 Å². The zero-order valence-corrected chi connectivity index (χ0v) is 6.34. The molecule has 2 aromatic heterocycles. The van der Waals surface area contributed by atoms with Crippen molar-refractivity contribution < 1.29 is 4.39 Å². The number of H-pyrrole nitrogens is 1. The summed E-state index contributed by atoms with van der Waals surface area (Å²) in [4.78, 5) is 13.6. The van der Waals surface area contributed by atoms with Gasteiger partial charge in [0.1, 0.15) is 0 Å². The van der Waals surface area contributed by atoms with Crippen LogP contribution < -0.4 is 5.56 Å². The van der Waals surface area contributed by atoms with Crippen molar-refractivity contribution in [2.24, 2.45) is 0 Å². The Balaban J connectivity index is 3.03. The summed E-state index contributed by atoms with van der Waals surface area (Å²) in [7, 11) is 0. The highest BCUT2D eigenvalue weighted by molar-refractivity contribution is 5.44. The molecule has 0 amide bonds. The highest BCUT2D eigenvalue weighted by Gasteiger charge is 2.06. The van der Waals surface area contributed by atoms with Crippen LogP contribution in [0.15, 0.2) is 17.2 Å². The Morgan fingerprint density at radius 3 is 3.17 bits per heavy atom. The highest BCUT2D eigenvalue weighted by Crippen LogP contribution is 2.02. The molecule has 2 heterocycles. The molecule has 2 rings (SSSR count). The zero-order valence-electron chi connectivity index (χ0n) is 6.34. The smallest absolute Gasteiger partial charge is 0.277 e. The highest BCUT2D eigenvalue weighted by atomic mass is 19.1. The maximum absolute atomic E-state index is 12.8. The second kappa shape index (κ2) is 2.17. The summed E-state index contributed by atoms with van der Waals surface area (Å²) >= 11 is 0. The van der Waals surface area contributed by atoms with Gasteiger partial charge >= 0.3 is 0 Å². The Bertz CT molecular complexity index is 485. The molecule has 0 aliphatic rings. The van der Waals surface area contributed by atoms with E-state index in [1.165, 1.54) is 4.52 Å². The lowest BCUT2D eigenvalue weighted by Gasteiger charge is -1.93. The molecule has 0 spiro atoms. The summed E-state index contributed by atoms with van der Waals surface area (Å²) < 4.78 is 14.1. The number of nitrogens with zero attached hydrogens (tertiary/aromatic N) is 2. The van der Waals surface area contributed by atoms with Gasteiger partial charge in [0.25, 0.3) is 5.56 Å². The number of rotatable bonds is 0. The number of nitrogens with one attached hydrogen (secondary N) is 1. The lowest BCUT2D eigenvalue weighted by Crippen LogP contribution is -2.11. The van der Waals surface area contributed by atoms with Crippen LogP contribution in [-0.4, -0.2) is 14.6 Å². The van der Waals surface area contributed by atoms with Crippen LogP contribution in [-0.2, 0) is 0 Å². The molecule has 0 aliphatic heterocycles. The molecule has 0 radical (unpaired) electrons. The van der Waals surface area contributed by atoms with E-state index in [1.807, 2.05) is 0 Å². The van der Waals surface area contributed by atoms with E-state index in [2.05, 4.69) is 10.1 Å². The van der Waals surface area contributed by atoms with Gasteiger partial charge in [0, 0.05) is 11.9 Å². The molecule has 12 heavy (non-hydrogen) atoms. The van der Waals surface area contributed by atoms with Gasteiger partial charge in [0.05, 0.1) is 6.20 Å². The number of halogens is 1. The van der Waals surface area contributed by atoms with Crippen LogP contribution in [0.5, 0.6) is 0 Å². The van der Waals surface area contributed by atoms with Crippen LogP contribution in [0.4, 0.5) is 4.39 Å². The quantitative estimate of drug-likeness (QED) is 0.620. The SMILES string of the molecule is Cc1cn2ncc(F)c2c(=O)[nH]1. The van der Waals surface area contributed by atoms with E-state index in [9.17, 15) is 9.18 Å². The molecule has 0 unspecified atom stereocenters. The number of hydrogen-bond donors (Lipinski definition) is 1. The third-order valence-electron chi connectivity index (χ3n) is 1.59. The average molecular weight is 167 g/mol. The largest absolute Gasteiger partial charge is 0.323 e. The summed E-state index contributed by atoms with van der Waals surface area (Å²) in [6.07, 6.45) is 2.57. The first kappa shape index (κ1) is 7.02. The van der Waals surface area contributed by atoms with E-state index in [4.69, 9.17) is 0 Å². The molecule has 0 atom stereocenters. The molecule has 0 saturated heterocycles. The minimum atomic E-state index is -0.601. The van der Waals surface area contributed by atoms with Crippen LogP contribution in [0, 0.1) is 12.7 Å². The first-order valence-electron chi connectivity index (χ1n) is 3.41. The fourth-order valence-corrected chi connectivity index (χ4v) is 1.11. The van der Waals surface area contributed by atoms with Crippen molar-refractivity contribution in [2.45, 2.75) is 6.92 Å². The van der Waals surface area contributed by atoms with Crippen LogP contribution in [0.3, 0.4) is 0 Å². The van der Waals surface area contributed by atoms with Gasteiger partial charge in [0.2, 0.25) is 0 Å². The Morgan fingerprint density at radius 1 is 1.67 bits per heavy atom. The lowest BCUT2D eigenvalue weighted by molar-refractivity contribution is 0.637. The first-order valence-corrected chi connectivity index (χ1v) is 3.41. The van der Waals surface area contributed by atoms with Gasteiger partial charge in [-0.15, -0.1) is 0 Å². The molecule has 0 aliphatic carbocycles. The molecular weight excluding hydrogens is 161 g/mol. The minimum Gasteiger partial charge on any atom is -0.323 e. The molecule has 1 N–H and O–H groups in total. The standard InChI is InChI=1S/C7H6FN3O/c1-4-3-11-6(7(12)10-4)5(8)2-9-11/h2-3H,1H3,(H,10,12). The van der Waals surface area contributed by atoms with E-state index >= 15 is 0 Å². The predicted molar refractivity (Wildman–Crippen MR) is 40.5 cm³/mol. The monoisotopic (exact) mass is 167 g/mol. The van der Waals surface area contributed by atoms with E-state index in [1.54, 1.807) is 13.1 Å². The van der Waals surface area contributed by atoms with Gasteiger partial charge in [-0.1, -0.05) is 0 Å². The predicted octanol–water partition coefficient (Wildman–Crippen LogP) is 0.470. The zero-order chi connectivity index (χ0) is 8.72. The van der Waals surface area contributed by atoms with Crippen molar-refractivity contribution in [1.29, 1.82) is 0 Å². The number of hydrogen-bond acceptors (Lipinski definition) is 2. The van der Waals surface area contributed by atoms with Crippen molar-refractivity contribution in [2.75, 3.05) is 0 Å². The number of fused-ring (bicyclic) bond motifs is 1. The van der Waals surface area contributed by atoms with Crippen molar-refractivity contribution in [3.05, 3.63) is 34.3 Å². The summed E-state index contributed by atoms with van der Waals surface area (Å²) in [6.45, 7) is 1.71. The van der Waals surface area contributed by atoms with E-state index in [0.29, 0.717) is 5.69 Å². The molecular formula is C7H6FN3O. The molecule has 62 valence electrons. The van der Waals surface area contributed by atoms with Gasteiger partial charge in [-0.25, -0.2) is 8.91 Å². The van der Waals surface area contributed by atoms with Gasteiger partial charge in [-0.2, -0.15) is 5.10 Å². The molecule has 0 aromatic carbocycles. The average Bonchev–Trinajstić information content (AvgIpc) is 2.31. The molecule has 0 saturated carbocycles. The summed E-state index contributed by atoms with van der Waals surface area (Å²) in [5.74, 6) is -0.601. The fourth-order valence-electron chi connectivity index (χ4n) is 1.11. The van der Waals surface area contributed by atoms with Gasteiger partial charge in [-0.3, -0.25) is 4.79 Å². The van der Waals surface area contributed by atoms with Crippen molar-refractivity contribution in [3.8, 4) is 0 Å². The van der Waals surface area contributed by atoms with Gasteiger partial charge in [0.15, 0.2) is 11.3 Å². The van der Waals surface area contributed by atoms with Crippen molar-refractivity contribution in [3.63, 3.8) is 0 Å². The Labute approximate surface area is 66.6 Å². The molecule has 0 fully saturated rings.